The van der Waals surface area contributed by atoms with Crippen LogP contribution in [0.1, 0.15) is 33.1 Å². The first-order valence-electron chi connectivity index (χ1n) is 6.57. The Kier molecular flexibility index (Phi) is 7.08. The van der Waals surface area contributed by atoms with Crippen molar-refractivity contribution in [1.29, 1.82) is 0 Å². The summed E-state index contributed by atoms with van der Waals surface area (Å²) in [5.41, 5.74) is 4.62. The summed E-state index contributed by atoms with van der Waals surface area (Å²) in [5, 5.41) is 0. The maximum Gasteiger partial charge on any atom is 0.0130 e. The van der Waals surface area contributed by atoms with E-state index in [1.165, 1.54) is 32.0 Å². The zero-order chi connectivity index (χ0) is 14.5. The van der Waals surface area contributed by atoms with Gasteiger partial charge in [0.1, 0.15) is 0 Å². The van der Waals surface area contributed by atoms with Gasteiger partial charge in [0.15, 0.2) is 0 Å². The Morgan fingerprint density at radius 1 is 1.37 bits per heavy atom. The lowest BCUT2D eigenvalue weighted by molar-refractivity contribution is 0.567. The van der Waals surface area contributed by atoms with Crippen molar-refractivity contribution < 1.29 is 0 Å². The molecule has 0 bridgehead atoms. The third kappa shape index (κ3) is 4.31. The van der Waals surface area contributed by atoms with Crippen molar-refractivity contribution >= 4 is 45.2 Å². The van der Waals surface area contributed by atoms with Gasteiger partial charge < -0.3 is 0 Å². The molecule has 0 amide bonds. The molecule has 0 atom stereocenters. The molecule has 1 aliphatic carbocycles. The lowest BCUT2D eigenvalue weighted by Gasteiger charge is -2.23. The SMILES string of the molecule is C=C/C=C(I)\C=C1/CC(CCCI)=C(C=C)C1(C)C. The topological polar surface area (TPSA) is 0 Å². The van der Waals surface area contributed by atoms with Gasteiger partial charge in [-0.2, -0.15) is 0 Å². The Hall–Kier alpha value is 0.160. The van der Waals surface area contributed by atoms with Crippen molar-refractivity contribution in [3.63, 3.8) is 0 Å². The average Bonchev–Trinajstić information content (AvgIpc) is 2.58. The molecule has 0 radical (unpaired) electrons. The van der Waals surface area contributed by atoms with Gasteiger partial charge in [0.05, 0.1) is 0 Å². The first kappa shape index (κ1) is 17.2. The minimum atomic E-state index is 0.119. The van der Waals surface area contributed by atoms with E-state index in [1.807, 2.05) is 6.08 Å². The van der Waals surface area contributed by atoms with Crippen LogP contribution in [0.5, 0.6) is 0 Å². The molecule has 0 aromatic heterocycles. The predicted molar refractivity (Wildman–Crippen MR) is 104 cm³/mol. The fourth-order valence-corrected chi connectivity index (χ4v) is 3.63. The van der Waals surface area contributed by atoms with E-state index in [0.29, 0.717) is 0 Å². The molecule has 2 heteroatoms. The van der Waals surface area contributed by atoms with Crippen LogP contribution in [0.4, 0.5) is 0 Å². The van der Waals surface area contributed by atoms with E-state index in [-0.39, 0.29) is 5.41 Å². The Morgan fingerprint density at radius 2 is 2.05 bits per heavy atom. The summed E-state index contributed by atoms with van der Waals surface area (Å²) in [6.45, 7) is 12.4. The van der Waals surface area contributed by atoms with Crippen LogP contribution in [0, 0.1) is 5.41 Å². The molecular formula is C17H22I2. The van der Waals surface area contributed by atoms with E-state index < -0.39 is 0 Å². The van der Waals surface area contributed by atoms with Gasteiger partial charge in [0.2, 0.25) is 0 Å². The van der Waals surface area contributed by atoms with E-state index in [9.17, 15) is 0 Å². The Morgan fingerprint density at radius 3 is 2.58 bits per heavy atom. The third-order valence-corrected chi connectivity index (χ3v) is 5.10. The molecule has 0 unspecified atom stereocenters. The number of halogens is 2. The number of alkyl halides is 1. The number of hydrogen-bond donors (Lipinski definition) is 0. The second-order valence-corrected chi connectivity index (χ2v) is 7.60. The maximum atomic E-state index is 4.03. The molecule has 0 aromatic carbocycles. The molecule has 0 N–H and O–H groups in total. The fourth-order valence-electron chi connectivity index (χ4n) is 2.62. The Labute approximate surface area is 145 Å². The van der Waals surface area contributed by atoms with Crippen LogP contribution < -0.4 is 0 Å². The fraction of sp³-hybridized carbons (Fsp3) is 0.412. The largest absolute Gasteiger partial charge is 0.0990 e. The second kappa shape index (κ2) is 7.81. The lowest BCUT2D eigenvalue weighted by atomic mass is 9.81. The molecule has 0 saturated carbocycles. The van der Waals surface area contributed by atoms with Gasteiger partial charge in [0, 0.05) is 8.99 Å². The van der Waals surface area contributed by atoms with Crippen molar-refractivity contribution in [2.45, 2.75) is 33.1 Å². The quantitative estimate of drug-likeness (QED) is 0.230. The molecule has 0 fully saturated rings. The van der Waals surface area contributed by atoms with Crippen molar-refractivity contribution in [2.24, 2.45) is 5.41 Å². The Bertz CT molecular complexity index is 448. The van der Waals surface area contributed by atoms with Gasteiger partial charge in [-0.3, -0.25) is 0 Å². The van der Waals surface area contributed by atoms with E-state index >= 15 is 0 Å². The highest BCUT2D eigenvalue weighted by Gasteiger charge is 2.34. The Balaban J connectivity index is 3.08. The summed E-state index contributed by atoms with van der Waals surface area (Å²) >= 11 is 4.82. The summed E-state index contributed by atoms with van der Waals surface area (Å²) in [7, 11) is 0. The van der Waals surface area contributed by atoms with Crippen LogP contribution in [-0.2, 0) is 0 Å². The monoisotopic (exact) mass is 480 g/mol. The molecule has 0 aliphatic heterocycles. The first-order valence-corrected chi connectivity index (χ1v) is 9.18. The number of rotatable bonds is 6. The molecule has 104 valence electrons. The van der Waals surface area contributed by atoms with Crippen molar-refractivity contribution in [3.05, 3.63) is 57.8 Å². The van der Waals surface area contributed by atoms with E-state index in [0.717, 1.165) is 6.42 Å². The van der Waals surface area contributed by atoms with Crippen LogP contribution in [0.15, 0.2) is 57.8 Å². The van der Waals surface area contributed by atoms with E-state index in [1.54, 1.807) is 5.57 Å². The maximum absolute atomic E-state index is 4.03. The molecule has 0 heterocycles. The van der Waals surface area contributed by atoms with Crippen molar-refractivity contribution in [2.75, 3.05) is 4.43 Å². The molecular weight excluding hydrogens is 458 g/mol. The lowest BCUT2D eigenvalue weighted by Crippen LogP contribution is -2.11. The van der Waals surface area contributed by atoms with Gasteiger partial charge in [-0.05, 0) is 64.0 Å². The van der Waals surface area contributed by atoms with Gasteiger partial charge >= 0.3 is 0 Å². The van der Waals surface area contributed by atoms with Gasteiger partial charge in [-0.15, -0.1) is 0 Å². The summed E-state index contributed by atoms with van der Waals surface area (Å²) in [6.07, 6.45) is 11.8. The summed E-state index contributed by atoms with van der Waals surface area (Å²) in [5.74, 6) is 0. The molecule has 0 saturated heterocycles. The zero-order valence-electron chi connectivity index (χ0n) is 11.8. The number of hydrogen-bond acceptors (Lipinski definition) is 0. The normalized spacial score (nSPS) is 21.1. The zero-order valence-corrected chi connectivity index (χ0v) is 16.1. The number of allylic oxidation sites excluding steroid dienone is 8. The highest BCUT2D eigenvalue weighted by Crippen LogP contribution is 2.49. The van der Waals surface area contributed by atoms with E-state index in [4.69, 9.17) is 0 Å². The minimum Gasteiger partial charge on any atom is -0.0990 e. The van der Waals surface area contributed by atoms with Crippen LogP contribution >= 0.6 is 45.2 Å². The van der Waals surface area contributed by atoms with Crippen LogP contribution in [0.2, 0.25) is 0 Å². The first-order chi connectivity index (χ1) is 8.97. The van der Waals surface area contributed by atoms with Gasteiger partial charge in [-0.1, -0.05) is 72.9 Å². The highest BCUT2D eigenvalue weighted by atomic mass is 127. The third-order valence-electron chi connectivity index (χ3n) is 3.67. The molecule has 0 spiro atoms. The molecule has 19 heavy (non-hydrogen) atoms. The van der Waals surface area contributed by atoms with Crippen molar-refractivity contribution in [1.82, 2.24) is 0 Å². The predicted octanol–water partition coefficient (Wildman–Crippen LogP) is 6.55. The van der Waals surface area contributed by atoms with Crippen LogP contribution in [-0.4, -0.2) is 4.43 Å². The van der Waals surface area contributed by atoms with Crippen LogP contribution in [0.25, 0.3) is 0 Å². The van der Waals surface area contributed by atoms with Gasteiger partial charge in [0.25, 0.3) is 0 Å². The van der Waals surface area contributed by atoms with E-state index in [2.05, 4.69) is 90.4 Å². The molecule has 1 rings (SSSR count). The molecule has 1 aliphatic rings. The highest BCUT2D eigenvalue weighted by molar-refractivity contribution is 14.1. The molecule has 0 nitrogen and oxygen atoms in total. The summed E-state index contributed by atoms with van der Waals surface area (Å²) < 4.78 is 2.47. The van der Waals surface area contributed by atoms with Gasteiger partial charge in [-0.25, -0.2) is 0 Å². The summed E-state index contributed by atoms with van der Waals surface area (Å²) in [6, 6.07) is 0. The second-order valence-electron chi connectivity index (χ2n) is 5.27. The smallest absolute Gasteiger partial charge is 0.0130 e. The summed E-state index contributed by atoms with van der Waals surface area (Å²) in [4.78, 5) is 0. The van der Waals surface area contributed by atoms with Crippen molar-refractivity contribution in [3.8, 4) is 0 Å². The minimum absolute atomic E-state index is 0.119. The molecule has 0 aromatic rings. The van der Waals surface area contributed by atoms with Crippen LogP contribution in [0.3, 0.4) is 0 Å². The average molecular weight is 480 g/mol. The standard InChI is InChI=1S/C17H22I2/c1-5-8-15(19)12-14-11-13(9-7-10-18)16(6-2)17(14,3)4/h5-6,8,12H,1-2,7,9-11H2,3-4H3/b14-12+,15-8+.